The van der Waals surface area contributed by atoms with Crippen LogP contribution in [-0.4, -0.2) is 34.1 Å². The van der Waals surface area contributed by atoms with Crippen LogP contribution in [0.25, 0.3) is 0 Å². The minimum absolute atomic E-state index is 0.278. The minimum Gasteiger partial charge on any atom is -0.381 e. The normalized spacial score (nSPS) is 17.0. The molecule has 3 rings (SSSR count). The van der Waals surface area contributed by atoms with E-state index in [1.54, 1.807) is 12.1 Å². The van der Waals surface area contributed by atoms with Crippen LogP contribution >= 0.6 is 0 Å². The molecule has 0 spiro atoms. The molecule has 1 saturated heterocycles. The molecule has 23 heavy (non-hydrogen) atoms. The van der Waals surface area contributed by atoms with Gasteiger partial charge in [-0.05, 0) is 37.5 Å². The van der Waals surface area contributed by atoms with Crippen molar-refractivity contribution in [2.45, 2.75) is 31.8 Å². The molecule has 122 valence electrons. The Labute approximate surface area is 133 Å². The summed E-state index contributed by atoms with van der Waals surface area (Å²) >= 11 is 0. The summed E-state index contributed by atoms with van der Waals surface area (Å²) in [6, 6.07) is 6.24. The Morgan fingerprint density at radius 2 is 2.04 bits per heavy atom. The third-order valence-electron chi connectivity index (χ3n) is 4.15. The van der Waals surface area contributed by atoms with Crippen molar-refractivity contribution in [3.8, 4) is 0 Å². The van der Waals surface area contributed by atoms with E-state index in [1.807, 2.05) is 6.92 Å². The summed E-state index contributed by atoms with van der Waals surface area (Å²) < 4.78 is 18.6. The maximum Gasteiger partial charge on any atom is 0.274 e. The Morgan fingerprint density at radius 1 is 1.35 bits per heavy atom. The van der Waals surface area contributed by atoms with Gasteiger partial charge >= 0.3 is 0 Å². The van der Waals surface area contributed by atoms with Gasteiger partial charge in [-0.25, -0.2) is 4.39 Å². The van der Waals surface area contributed by atoms with E-state index in [9.17, 15) is 9.18 Å². The van der Waals surface area contributed by atoms with E-state index in [-0.39, 0.29) is 17.4 Å². The van der Waals surface area contributed by atoms with Crippen LogP contribution in [0, 0.1) is 5.82 Å². The predicted molar refractivity (Wildman–Crippen MR) is 81.3 cm³/mol. The van der Waals surface area contributed by atoms with Gasteiger partial charge in [-0.15, -0.1) is 5.10 Å². The van der Waals surface area contributed by atoms with Crippen molar-refractivity contribution in [2.24, 2.45) is 0 Å². The van der Waals surface area contributed by atoms with Gasteiger partial charge in [0.25, 0.3) is 5.91 Å². The van der Waals surface area contributed by atoms with Gasteiger partial charge in [0, 0.05) is 13.2 Å². The van der Waals surface area contributed by atoms with Crippen LogP contribution < -0.4 is 5.32 Å². The molecule has 1 N–H and O–H groups in total. The van der Waals surface area contributed by atoms with Crippen molar-refractivity contribution in [2.75, 3.05) is 13.2 Å². The minimum atomic E-state index is -0.570. The summed E-state index contributed by atoms with van der Waals surface area (Å²) in [4.78, 5) is 14.0. The number of hydrogen-bond donors (Lipinski definition) is 1. The Hall–Kier alpha value is -2.28. The second-order valence-electron chi connectivity index (χ2n) is 5.57. The molecule has 0 aliphatic carbocycles. The van der Waals surface area contributed by atoms with Crippen molar-refractivity contribution in [1.82, 2.24) is 20.3 Å². The number of aromatic nitrogens is 3. The van der Waals surface area contributed by atoms with Crippen LogP contribution in [-0.2, 0) is 16.8 Å². The second-order valence-corrected chi connectivity index (χ2v) is 5.57. The number of rotatable bonds is 4. The highest BCUT2D eigenvalue weighted by Gasteiger charge is 2.36. The van der Waals surface area contributed by atoms with E-state index in [0.29, 0.717) is 32.6 Å². The zero-order chi connectivity index (χ0) is 16.3. The van der Waals surface area contributed by atoms with Crippen LogP contribution in [0.2, 0.25) is 0 Å². The first-order valence-electron chi connectivity index (χ1n) is 7.69. The van der Waals surface area contributed by atoms with E-state index < -0.39 is 5.54 Å². The number of aryl methyl sites for hydroxylation is 1. The fraction of sp³-hybridized carbons (Fsp3) is 0.438. The lowest BCUT2D eigenvalue weighted by Gasteiger charge is -2.38. The van der Waals surface area contributed by atoms with Crippen molar-refractivity contribution in [3.63, 3.8) is 0 Å². The number of benzene rings is 1. The molecule has 1 amide bonds. The molecule has 0 radical (unpaired) electrons. The van der Waals surface area contributed by atoms with Gasteiger partial charge in [-0.2, -0.15) is 9.90 Å². The molecule has 1 aromatic carbocycles. The quantitative estimate of drug-likeness (QED) is 0.934. The van der Waals surface area contributed by atoms with Gasteiger partial charge in [-0.1, -0.05) is 12.1 Å². The molecule has 0 atom stereocenters. The second kappa shape index (κ2) is 6.45. The largest absolute Gasteiger partial charge is 0.381 e. The SMILES string of the molecule is CCn1ncc(C(=O)NC2(c3ccc(F)cc3)CCOCC2)n1. The molecule has 1 aliphatic heterocycles. The highest BCUT2D eigenvalue weighted by atomic mass is 19.1. The molecule has 1 aliphatic rings. The standard InChI is InChI=1S/C16H19FN4O2/c1-2-21-18-11-14(20-21)15(22)19-16(7-9-23-10-8-16)12-3-5-13(17)6-4-12/h3-6,11H,2,7-10H2,1H3,(H,19,22). The fourth-order valence-electron chi connectivity index (χ4n) is 2.81. The lowest BCUT2D eigenvalue weighted by atomic mass is 9.82. The number of carbonyl (C=O) groups is 1. The topological polar surface area (TPSA) is 69.0 Å². The van der Waals surface area contributed by atoms with Gasteiger partial charge in [-0.3, -0.25) is 4.79 Å². The molecular formula is C16H19FN4O2. The molecule has 2 heterocycles. The van der Waals surface area contributed by atoms with Crippen LogP contribution in [0.4, 0.5) is 4.39 Å². The fourth-order valence-corrected chi connectivity index (χ4v) is 2.81. The smallest absolute Gasteiger partial charge is 0.274 e. The lowest BCUT2D eigenvalue weighted by Crippen LogP contribution is -2.49. The summed E-state index contributed by atoms with van der Waals surface area (Å²) in [5.74, 6) is -0.580. The van der Waals surface area contributed by atoms with Crippen molar-refractivity contribution >= 4 is 5.91 Å². The first kappa shape index (κ1) is 15.6. The van der Waals surface area contributed by atoms with Crippen LogP contribution in [0.3, 0.4) is 0 Å². The molecule has 7 heteroatoms. The molecule has 6 nitrogen and oxygen atoms in total. The predicted octanol–water partition coefficient (Wildman–Crippen LogP) is 1.87. The number of nitrogens with zero attached hydrogens (tertiary/aromatic N) is 3. The number of amides is 1. The van der Waals surface area contributed by atoms with E-state index in [4.69, 9.17) is 4.74 Å². The average Bonchev–Trinajstić information content (AvgIpc) is 3.05. The zero-order valence-corrected chi connectivity index (χ0v) is 13.0. The maximum absolute atomic E-state index is 13.2. The van der Waals surface area contributed by atoms with E-state index in [2.05, 4.69) is 15.5 Å². The van der Waals surface area contributed by atoms with Crippen molar-refractivity contribution < 1.29 is 13.9 Å². The van der Waals surface area contributed by atoms with Gasteiger partial charge in [0.2, 0.25) is 0 Å². The average molecular weight is 318 g/mol. The summed E-state index contributed by atoms with van der Waals surface area (Å²) in [6.45, 7) is 3.59. The van der Waals surface area contributed by atoms with E-state index in [1.165, 1.54) is 23.1 Å². The van der Waals surface area contributed by atoms with E-state index >= 15 is 0 Å². The first-order chi connectivity index (χ1) is 11.1. The van der Waals surface area contributed by atoms with Crippen LogP contribution in [0.15, 0.2) is 30.5 Å². The Bertz CT molecular complexity index is 678. The molecular weight excluding hydrogens is 299 g/mol. The molecule has 1 fully saturated rings. The summed E-state index contributed by atoms with van der Waals surface area (Å²) in [5.41, 5.74) is 0.581. The van der Waals surface area contributed by atoms with Crippen LogP contribution in [0.1, 0.15) is 35.8 Å². The summed E-state index contributed by atoms with van der Waals surface area (Å²) in [7, 11) is 0. The van der Waals surface area contributed by atoms with E-state index in [0.717, 1.165) is 5.56 Å². The van der Waals surface area contributed by atoms with Gasteiger partial charge in [0.05, 0.1) is 18.3 Å². The molecule has 2 aromatic rings. The molecule has 0 unspecified atom stereocenters. The monoisotopic (exact) mass is 318 g/mol. The zero-order valence-electron chi connectivity index (χ0n) is 13.0. The van der Waals surface area contributed by atoms with Crippen molar-refractivity contribution in [3.05, 3.63) is 47.5 Å². The number of ether oxygens (including phenoxy) is 1. The Balaban J connectivity index is 1.86. The Morgan fingerprint density at radius 3 is 2.65 bits per heavy atom. The summed E-state index contributed by atoms with van der Waals surface area (Å²) in [5, 5.41) is 11.2. The first-order valence-corrected chi connectivity index (χ1v) is 7.69. The Kier molecular flexibility index (Phi) is 4.38. The third-order valence-corrected chi connectivity index (χ3v) is 4.15. The third kappa shape index (κ3) is 3.24. The number of hydrogen-bond acceptors (Lipinski definition) is 4. The number of carbonyl (C=O) groups excluding carboxylic acids is 1. The van der Waals surface area contributed by atoms with Gasteiger partial charge in [0.1, 0.15) is 5.82 Å². The van der Waals surface area contributed by atoms with Gasteiger partial charge < -0.3 is 10.1 Å². The number of halogens is 1. The van der Waals surface area contributed by atoms with Crippen molar-refractivity contribution in [1.29, 1.82) is 0 Å². The van der Waals surface area contributed by atoms with Gasteiger partial charge in [0.15, 0.2) is 5.69 Å². The lowest BCUT2D eigenvalue weighted by molar-refractivity contribution is 0.0343. The summed E-state index contributed by atoms with van der Waals surface area (Å²) in [6.07, 6.45) is 2.72. The van der Waals surface area contributed by atoms with Crippen LogP contribution in [0.5, 0.6) is 0 Å². The highest BCUT2D eigenvalue weighted by Crippen LogP contribution is 2.32. The maximum atomic E-state index is 13.2. The molecule has 1 aromatic heterocycles. The highest BCUT2D eigenvalue weighted by molar-refractivity contribution is 5.92. The molecule has 0 bridgehead atoms. The number of nitrogens with one attached hydrogen (secondary N) is 1. The molecule has 0 saturated carbocycles.